The first-order valence-electron chi connectivity index (χ1n) is 36.2. The predicted molar refractivity (Wildman–Crippen MR) is 387 cm³/mol. The van der Waals surface area contributed by atoms with Crippen LogP contribution in [0.2, 0.25) is 0 Å². The van der Waals surface area contributed by atoms with Crippen LogP contribution in [0.4, 0.5) is 0 Å². The molecule has 25 N–H and O–H groups in total. The van der Waals surface area contributed by atoms with E-state index >= 15 is 0 Å². The van der Waals surface area contributed by atoms with E-state index in [0.29, 0.717) is 31.2 Å². The number of aliphatic hydroxyl groups excluding tert-OH is 4. The van der Waals surface area contributed by atoms with Gasteiger partial charge in [-0.3, -0.25) is 76.7 Å². The number of benzene rings is 1. The Labute approximate surface area is 631 Å². The third kappa shape index (κ3) is 32.4. The molecule has 2 rings (SSSR count). The van der Waals surface area contributed by atoms with Gasteiger partial charge >= 0.3 is 11.9 Å². The van der Waals surface area contributed by atoms with Gasteiger partial charge in [0.05, 0.1) is 45.4 Å². The zero-order valence-corrected chi connectivity index (χ0v) is 63.0. The topological polar surface area (TPSA) is 649 Å². The number of hydrogen-bond donors (Lipinski definition) is 22. The van der Waals surface area contributed by atoms with Crippen LogP contribution in [0.15, 0.2) is 30.3 Å². The predicted octanol–water partition coefficient (Wildman–Crippen LogP) is -7.78. The summed E-state index contributed by atoms with van der Waals surface area (Å²) in [4.78, 5) is 228. The van der Waals surface area contributed by atoms with Gasteiger partial charge in [-0.15, -0.1) is 0 Å². The van der Waals surface area contributed by atoms with Crippen LogP contribution in [0, 0.1) is 23.7 Å². The highest BCUT2D eigenvalue weighted by Crippen LogP contribution is 2.22. The minimum Gasteiger partial charge on any atom is -0.481 e. The van der Waals surface area contributed by atoms with Crippen molar-refractivity contribution >= 4 is 101 Å². The average molecular weight is 1550 g/mol. The Hall–Kier alpha value is -10.0. The number of aliphatic hydroxyl groups is 4. The fraction of sp³-hybridized carbons (Fsp3) is 0.667. The Morgan fingerprint density at radius 2 is 0.972 bits per heavy atom. The molecule has 1 fully saturated rings. The maximum atomic E-state index is 14.4. The third-order valence-corrected chi connectivity index (χ3v) is 18.0. The molecule has 0 aliphatic carbocycles. The molecule has 0 spiro atoms. The Morgan fingerprint density at radius 1 is 0.505 bits per heavy atom. The van der Waals surface area contributed by atoms with Gasteiger partial charge in [0.25, 0.3) is 0 Å². The Balaban J connectivity index is 2.23. The van der Waals surface area contributed by atoms with Crippen molar-refractivity contribution in [2.45, 2.75) is 224 Å². The molecule has 0 aromatic heterocycles. The summed E-state index contributed by atoms with van der Waals surface area (Å²) < 4.78 is 0. The van der Waals surface area contributed by atoms with E-state index in [9.17, 15) is 112 Å². The molecule has 612 valence electrons. The number of carboxylic acid groups (broad SMARTS) is 2. The first-order chi connectivity index (χ1) is 51.3. The summed E-state index contributed by atoms with van der Waals surface area (Å²) in [6.07, 6.45) is -0.154. The van der Waals surface area contributed by atoms with Gasteiger partial charge in [-0.2, -0.15) is 0 Å². The van der Waals surface area contributed by atoms with Crippen LogP contribution in [0.1, 0.15) is 139 Å². The monoisotopic (exact) mass is 1550 g/mol. The lowest BCUT2D eigenvalue weighted by Gasteiger charge is -2.30. The van der Waals surface area contributed by atoms with Crippen molar-refractivity contribution in [3.05, 3.63) is 35.9 Å². The van der Waals surface area contributed by atoms with E-state index in [0.717, 1.165) is 6.92 Å². The number of likely N-dealkylation sites (tertiary alicyclic amines) is 1. The Bertz CT molecular complexity index is 3280. The largest absolute Gasteiger partial charge is 0.481 e. The molecule has 109 heavy (non-hydrogen) atoms. The van der Waals surface area contributed by atoms with Crippen LogP contribution in [0.3, 0.4) is 0 Å². The molecule has 40 heteroatoms. The lowest BCUT2D eigenvalue weighted by Crippen LogP contribution is -2.61. The molecule has 15 amide bonds. The fourth-order valence-corrected chi connectivity index (χ4v) is 11.1. The number of carbonyl (C=O) groups excluding carboxylic acids is 15. The molecule has 0 unspecified atom stereocenters. The number of carbonyl (C=O) groups is 17. The van der Waals surface area contributed by atoms with Crippen LogP contribution in [0.5, 0.6) is 0 Å². The normalized spacial score (nSPS) is 16.7. The number of unbranched alkanes of at least 4 members (excludes halogenated alkanes) is 1. The standard InChI is InChI=1S/C69H113N17O23/c1-10-36(7)53(72)68(107)86-25-17-21-49(86)65(104)83-48(33-90)64(103)84-54(35(5)6)67(106)79-43(27-39-18-13-12-14-19-39)60(99)85-55(37(8)11-2)66(105)73-29-51(92)75-40(22-23-52(93)94)57(96)80-47(32-89)63(102)82-45(30-87)61(100)74-38(9)56(95)77-44(28-50(71)91)59(98)81-46(31-88)62(101)78-42(26-34(3)4)58(97)76-41(69(108)109)20-15-16-24-70/h12-14,18-19,34-38,40-49,53-55,87-90H,10-11,15-17,20-33,70,72H2,1-9H3,(H2,71,91)(H,73,105)(H,74,100)(H,75,92)(H,76,97)(H,77,95)(H,78,101)(H,79,106)(H,80,96)(H,81,98)(H,82,102)(H,83,104)(H,84,103)(H,85,99)(H,93,94)(H,108,109)/t36-,37-,38-,40-,41-,42-,43-,44-,45-,46-,47-,48-,49-,53-,54-,55-/m0/s1. The van der Waals surface area contributed by atoms with Crippen molar-refractivity contribution in [1.29, 1.82) is 0 Å². The van der Waals surface area contributed by atoms with Crippen molar-refractivity contribution < 1.29 is 112 Å². The Kier molecular flexibility index (Phi) is 42.2. The number of nitrogens with zero attached hydrogens (tertiary/aromatic N) is 1. The van der Waals surface area contributed by atoms with Crippen LogP contribution < -0.4 is 86.3 Å². The number of aliphatic carboxylic acids is 2. The van der Waals surface area contributed by atoms with Gasteiger partial charge in [-0.1, -0.05) is 98.6 Å². The van der Waals surface area contributed by atoms with Gasteiger partial charge in [0.15, 0.2) is 0 Å². The minimum absolute atomic E-state index is 0.0159. The van der Waals surface area contributed by atoms with Crippen LogP contribution in [-0.2, 0) is 87.9 Å². The maximum Gasteiger partial charge on any atom is 0.326 e. The number of hydrogen-bond acceptors (Lipinski definition) is 23. The van der Waals surface area contributed by atoms with Crippen LogP contribution in [-0.4, -0.2) is 267 Å². The summed E-state index contributed by atoms with van der Waals surface area (Å²) in [5.41, 5.74) is 17.6. The van der Waals surface area contributed by atoms with E-state index in [2.05, 4.69) is 63.8 Å². The molecule has 16 atom stereocenters. The highest BCUT2D eigenvalue weighted by Gasteiger charge is 2.41. The smallest absolute Gasteiger partial charge is 0.326 e. The van der Waals surface area contributed by atoms with Gasteiger partial charge in [0.1, 0.15) is 78.5 Å². The molecule has 0 saturated carbocycles. The SMILES string of the molecule is CC[C@H](C)[C@H](N)C(=O)N1CCC[C@H]1C(=O)N[C@@H](CO)C(=O)N[C@H](C(=O)N[C@@H](Cc1ccccc1)C(=O)N[C@H](C(=O)NCC(=O)N[C@@H](CCC(=O)O)C(=O)N[C@@H](CO)C(=O)N[C@@H](CO)C(=O)N[C@@H](C)C(=O)N[C@@H](CC(N)=O)C(=O)N[C@@H](CO)C(=O)N[C@@H](CC(C)C)C(=O)N[C@@H](CCCCN)C(=O)O)[C@@H](C)CC)C(C)C. The van der Waals surface area contributed by atoms with Gasteiger partial charge in [0.2, 0.25) is 88.6 Å². The lowest BCUT2D eigenvalue weighted by atomic mass is 9.96. The van der Waals surface area contributed by atoms with E-state index in [1.165, 1.54) is 4.90 Å². The zero-order valence-electron chi connectivity index (χ0n) is 63.0. The molecule has 0 radical (unpaired) electrons. The molecule has 1 aromatic rings. The van der Waals surface area contributed by atoms with Crippen LogP contribution >= 0.6 is 0 Å². The molecule has 40 nitrogen and oxygen atoms in total. The molecular weight excluding hydrogens is 1430 g/mol. The average Bonchev–Trinajstić information content (AvgIpc) is 1.77. The number of nitrogens with one attached hydrogen (secondary N) is 13. The molecular formula is C69H113N17O23. The van der Waals surface area contributed by atoms with E-state index in [-0.39, 0.29) is 57.0 Å². The van der Waals surface area contributed by atoms with Crippen LogP contribution in [0.25, 0.3) is 0 Å². The van der Waals surface area contributed by atoms with Crippen molar-refractivity contribution in [3.63, 3.8) is 0 Å². The van der Waals surface area contributed by atoms with Gasteiger partial charge in [-0.05, 0) is 87.6 Å². The number of carboxylic acids is 2. The summed E-state index contributed by atoms with van der Waals surface area (Å²) in [6.45, 7) is 9.66. The number of primary amides is 1. The zero-order chi connectivity index (χ0) is 82.5. The molecule has 1 saturated heterocycles. The molecule has 1 aromatic carbocycles. The van der Waals surface area contributed by atoms with E-state index in [1.54, 1.807) is 78.8 Å². The summed E-state index contributed by atoms with van der Waals surface area (Å²) in [5.74, 6) is -20.3. The summed E-state index contributed by atoms with van der Waals surface area (Å²) >= 11 is 0. The highest BCUT2D eigenvalue weighted by atomic mass is 16.4. The fourth-order valence-electron chi connectivity index (χ4n) is 11.1. The van der Waals surface area contributed by atoms with Gasteiger partial charge in [0, 0.05) is 19.4 Å². The second kappa shape index (κ2) is 48.4. The number of rotatable bonds is 50. The minimum atomic E-state index is -2.01. The second-order valence-electron chi connectivity index (χ2n) is 27.5. The maximum absolute atomic E-state index is 14.4. The van der Waals surface area contributed by atoms with E-state index < -0.39 is 249 Å². The van der Waals surface area contributed by atoms with E-state index in [1.807, 2.05) is 12.2 Å². The van der Waals surface area contributed by atoms with Crippen molar-refractivity contribution in [3.8, 4) is 0 Å². The lowest BCUT2D eigenvalue weighted by molar-refractivity contribution is -0.142. The highest BCUT2D eigenvalue weighted by molar-refractivity contribution is 6.01. The first-order valence-corrected chi connectivity index (χ1v) is 36.2. The molecule has 0 bridgehead atoms. The first kappa shape index (κ1) is 95.0. The summed E-state index contributed by atoms with van der Waals surface area (Å²) in [7, 11) is 0. The molecule has 1 aliphatic heterocycles. The van der Waals surface area contributed by atoms with Crippen molar-refractivity contribution in [1.82, 2.24) is 74.0 Å². The summed E-state index contributed by atoms with van der Waals surface area (Å²) in [6, 6.07) is -13.3. The van der Waals surface area contributed by atoms with E-state index in [4.69, 9.17) is 17.2 Å². The number of amides is 15. The third-order valence-electron chi connectivity index (χ3n) is 18.0. The summed E-state index contributed by atoms with van der Waals surface area (Å²) in [5, 5.41) is 90.3. The van der Waals surface area contributed by atoms with Gasteiger partial charge < -0.3 is 122 Å². The van der Waals surface area contributed by atoms with Gasteiger partial charge in [-0.25, -0.2) is 4.79 Å². The molecule has 1 heterocycles. The molecule has 1 aliphatic rings. The quantitative estimate of drug-likeness (QED) is 0.0269. The Morgan fingerprint density at radius 3 is 1.48 bits per heavy atom. The van der Waals surface area contributed by atoms with Crippen molar-refractivity contribution in [2.75, 3.05) is 46.1 Å². The number of nitrogens with two attached hydrogens (primary N) is 3. The van der Waals surface area contributed by atoms with Crippen molar-refractivity contribution in [2.24, 2.45) is 40.9 Å². The second-order valence-corrected chi connectivity index (χ2v) is 27.5.